The number of nitrogens with one attached hydrogen (secondary N) is 1. The van der Waals surface area contributed by atoms with Crippen LogP contribution in [0.5, 0.6) is 0 Å². The summed E-state index contributed by atoms with van der Waals surface area (Å²) < 4.78 is 0. The number of hydrogen-bond donors (Lipinski definition) is 1. The third-order valence-corrected chi connectivity index (χ3v) is 4.49. The first-order chi connectivity index (χ1) is 9.06. The number of hydrogen-bond acceptors (Lipinski definition) is 1. The lowest BCUT2D eigenvalue weighted by molar-refractivity contribution is -0.121. The summed E-state index contributed by atoms with van der Waals surface area (Å²) in [6.07, 6.45) is 4.78. The molecule has 104 valence electrons. The Morgan fingerprint density at radius 1 is 1.21 bits per heavy atom. The van der Waals surface area contributed by atoms with Gasteiger partial charge in [-0.2, -0.15) is 0 Å². The van der Waals surface area contributed by atoms with Gasteiger partial charge in [0.2, 0.25) is 5.91 Å². The molecule has 0 radical (unpaired) electrons. The Bertz CT molecular complexity index is 433. The number of benzene rings is 1. The maximum Gasteiger partial charge on any atom is 0.224 e. The van der Waals surface area contributed by atoms with Crippen LogP contribution in [-0.4, -0.2) is 11.9 Å². The Hall–Kier alpha value is -0.730. The van der Waals surface area contributed by atoms with Crippen molar-refractivity contribution in [2.75, 3.05) is 0 Å². The van der Waals surface area contributed by atoms with Gasteiger partial charge >= 0.3 is 0 Å². The second-order valence-electron chi connectivity index (χ2n) is 5.40. The normalized spacial score (nSPS) is 23.1. The van der Waals surface area contributed by atoms with Crippen LogP contribution in [0.15, 0.2) is 18.2 Å². The Morgan fingerprint density at radius 3 is 2.37 bits per heavy atom. The monoisotopic (exact) mass is 299 g/mol. The summed E-state index contributed by atoms with van der Waals surface area (Å²) in [5.41, 5.74) is 0.715. The van der Waals surface area contributed by atoms with Crippen LogP contribution in [0.1, 0.15) is 38.2 Å². The highest BCUT2D eigenvalue weighted by atomic mass is 35.5. The SMILES string of the molecule is CC1CCC(NC(=O)Cc2c(Cl)cccc2Cl)CC1. The van der Waals surface area contributed by atoms with Crippen molar-refractivity contribution in [1.82, 2.24) is 5.32 Å². The van der Waals surface area contributed by atoms with E-state index in [0.717, 1.165) is 18.8 Å². The van der Waals surface area contributed by atoms with E-state index >= 15 is 0 Å². The molecule has 1 amide bonds. The molecule has 1 fully saturated rings. The average Bonchev–Trinajstić information content (AvgIpc) is 2.37. The molecular formula is C15H19Cl2NO. The maximum atomic E-state index is 12.0. The van der Waals surface area contributed by atoms with Crippen molar-refractivity contribution in [2.45, 2.75) is 45.1 Å². The molecule has 4 heteroatoms. The first-order valence-electron chi connectivity index (χ1n) is 6.78. The highest BCUT2D eigenvalue weighted by molar-refractivity contribution is 6.36. The summed E-state index contributed by atoms with van der Waals surface area (Å²) in [5, 5.41) is 4.20. The van der Waals surface area contributed by atoms with E-state index in [4.69, 9.17) is 23.2 Å². The number of halogens is 2. The minimum atomic E-state index is 0.00885. The summed E-state index contributed by atoms with van der Waals surface area (Å²) in [4.78, 5) is 12.0. The molecule has 1 aliphatic rings. The highest BCUT2D eigenvalue weighted by Gasteiger charge is 2.20. The summed E-state index contributed by atoms with van der Waals surface area (Å²) in [5.74, 6) is 0.792. The summed E-state index contributed by atoms with van der Waals surface area (Å²) in [7, 11) is 0. The van der Waals surface area contributed by atoms with Gasteiger partial charge in [0.1, 0.15) is 0 Å². The fraction of sp³-hybridized carbons (Fsp3) is 0.533. The van der Waals surface area contributed by atoms with Gasteiger partial charge in [-0.3, -0.25) is 4.79 Å². The van der Waals surface area contributed by atoms with Crippen LogP contribution in [0.2, 0.25) is 10.0 Å². The van der Waals surface area contributed by atoms with Crippen molar-refractivity contribution >= 4 is 29.1 Å². The molecule has 2 rings (SSSR count). The quantitative estimate of drug-likeness (QED) is 0.889. The van der Waals surface area contributed by atoms with Gasteiger partial charge in [0, 0.05) is 16.1 Å². The average molecular weight is 300 g/mol. The largest absolute Gasteiger partial charge is 0.353 e. The lowest BCUT2D eigenvalue weighted by Gasteiger charge is -2.27. The van der Waals surface area contributed by atoms with Crippen molar-refractivity contribution < 1.29 is 4.79 Å². The summed E-state index contributed by atoms with van der Waals surface area (Å²) in [6.45, 7) is 2.27. The number of carbonyl (C=O) groups is 1. The summed E-state index contributed by atoms with van der Waals surface area (Å²) in [6, 6.07) is 5.62. The van der Waals surface area contributed by atoms with E-state index in [1.807, 2.05) is 0 Å². The van der Waals surface area contributed by atoms with Crippen LogP contribution >= 0.6 is 23.2 Å². The van der Waals surface area contributed by atoms with Gasteiger partial charge in [0.05, 0.1) is 6.42 Å². The third kappa shape index (κ3) is 4.12. The van der Waals surface area contributed by atoms with Crippen molar-refractivity contribution in [3.8, 4) is 0 Å². The molecule has 0 spiro atoms. The molecule has 1 aromatic carbocycles. The standard InChI is InChI=1S/C15H19Cl2NO/c1-10-5-7-11(8-6-10)18-15(19)9-12-13(16)3-2-4-14(12)17/h2-4,10-11H,5-9H2,1H3,(H,18,19). The van der Waals surface area contributed by atoms with Crippen molar-refractivity contribution in [3.05, 3.63) is 33.8 Å². The zero-order valence-electron chi connectivity index (χ0n) is 11.1. The zero-order valence-corrected chi connectivity index (χ0v) is 12.6. The highest BCUT2D eigenvalue weighted by Crippen LogP contribution is 2.26. The second-order valence-corrected chi connectivity index (χ2v) is 6.22. The Balaban J connectivity index is 1.91. The first kappa shape index (κ1) is 14.7. The molecule has 19 heavy (non-hydrogen) atoms. The lowest BCUT2D eigenvalue weighted by atomic mass is 9.87. The molecule has 2 nitrogen and oxygen atoms in total. The number of carbonyl (C=O) groups excluding carboxylic acids is 1. The molecular weight excluding hydrogens is 281 g/mol. The van der Waals surface area contributed by atoms with Gasteiger partial charge in [-0.25, -0.2) is 0 Å². The molecule has 1 aliphatic carbocycles. The van der Waals surface area contributed by atoms with Crippen LogP contribution in [0.25, 0.3) is 0 Å². The first-order valence-corrected chi connectivity index (χ1v) is 7.54. The van der Waals surface area contributed by atoms with Gasteiger partial charge < -0.3 is 5.32 Å². The van der Waals surface area contributed by atoms with E-state index in [9.17, 15) is 4.79 Å². The second kappa shape index (κ2) is 6.62. The lowest BCUT2D eigenvalue weighted by Crippen LogP contribution is -2.38. The fourth-order valence-corrected chi connectivity index (χ4v) is 3.08. The Morgan fingerprint density at radius 2 is 1.79 bits per heavy atom. The topological polar surface area (TPSA) is 29.1 Å². The van der Waals surface area contributed by atoms with E-state index in [1.54, 1.807) is 18.2 Å². The van der Waals surface area contributed by atoms with Gasteiger partial charge in [-0.15, -0.1) is 0 Å². The molecule has 1 saturated carbocycles. The minimum Gasteiger partial charge on any atom is -0.353 e. The molecule has 0 saturated heterocycles. The van der Waals surface area contributed by atoms with Crippen molar-refractivity contribution in [3.63, 3.8) is 0 Å². The fourth-order valence-electron chi connectivity index (χ4n) is 2.54. The molecule has 0 unspecified atom stereocenters. The molecule has 0 aromatic heterocycles. The summed E-state index contributed by atoms with van der Waals surface area (Å²) >= 11 is 12.1. The van der Waals surface area contributed by atoms with Gasteiger partial charge in [-0.1, -0.05) is 36.2 Å². The van der Waals surface area contributed by atoms with Gasteiger partial charge in [0.15, 0.2) is 0 Å². The molecule has 0 bridgehead atoms. The molecule has 1 N–H and O–H groups in total. The van der Waals surface area contributed by atoms with E-state index < -0.39 is 0 Å². The predicted octanol–water partition coefficient (Wildman–Crippen LogP) is 4.23. The van der Waals surface area contributed by atoms with Crippen molar-refractivity contribution in [2.24, 2.45) is 5.92 Å². The predicted molar refractivity (Wildman–Crippen MR) is 79.7 cm³/mol. The minimum absolute atomic E-state index is 0.00885. The van der Waals surface area contributed by atoms with E-state index in [-0.39, 0.29) is 12.3 Å². The van der Waals surface area contributed by atoms with Crippen molar-refractivity contribution in [1.29, 1.82) is 0 Å². The zero-order chi connectivity index (χ0) is 13.8. The molecule has 1 aromatic rings. The van der Waals surface area contributed by atoms with E-state index in [2.05, 4.69) is 12.2 Å². The van der Waals surface area contributed by atoms with Crippen LogP contribution in [0.4, 0.5) is 0 Å². The smallest absolute Gasteiger partial charge is 0.224 e. The van der Waals surface area contributed by atoms with Crippen LogP contribution in [-0.2, 0) is 11.2 Å². The van der Waals surface area contributed by atoms with Crippen LogP contribution < -0.4 is 5.32 Å². The third-order valence-electron chi connectivity index (χ3n) is 3.78. The maximum absolute atomic E-state index is 12.0. The molecule has 0 heterocycles. The van der Waals surface area contributed by atoms with Crippen LogP contribution in [0.3, 0.4) is 0 Å². The Kier molecular flexibility index (Phi) is 5.12. The van der Waals surface area contributed by atoms with E-state index in [1.165, 1.54) is 12.8 Å². The molecule has 0 atom stereocenters. The van der Waals surface area contributed by atoms with Gasteiger partial charge in [0.25, 0.3) is 0 Å². The number of amides is 1. The Labute approximate surface area is 124 Å². The van der Waals surface area contributed by atoms with E-state index in [0.29, 0.717) is 21.7 Å². The van der Waals surface area contributed by atoms with Gasteiger partial charge in [-0.05, 0) is 49.3 Å². The molecule has 0 aliphatic heterocycles. The number of rotatable bonds is 3. The van der Waals surface area contributed by atoms with Crippen LogP contribution in [0, 0.1) is 5.92 Å².